The van der Waals surface area contributed by atoms with Gasteiger partial charge < -0.3 is 10.3 Å². The third-order valence-electron chi connectivity index (χ3n) is 4.32. The molecule has 0 saturated carbocycles. The van der Waals surface area contributed by atoms with Gasteiger partial charge in [-0.25, -0.2) is 4.98 Å². The fourth-order valence-electron chi connectivity index (χ4n) is 3.10. The van der Waals surface area contributed by atoms with Crippen molar-refractivity contribution in [2.45, 2.75) is 46.1 Å². The predicted octanol–water partition coefficient (Wildman–Crippen LogP) is 5.17. The topological polar surface area (TPSA) is 43.8 Å². The van der Waals surface area contributed by atoms with E-state index >= 15 is 0 Å². The van der Waals surface area contributed by atoms with Gasteiger partial charge in [-0.05, 0) is 31.5 Å². The first-order valence-electron chi connectivity index (χ1n) is 8.52. The zero-order valence-electron chi connectivity index (χ0n) is 14.0. The molecular formula is C20H25N3. The largest absolute Gasteiger partial charge is 0.397 e. The molecule has 23 heavy (non-hydrogen) atoms. The van der Waals surface area contributed by atoms with Crippen LogP contribution in [-0.2, 0) is 6.54 Å². The summed E-state index contributed by atoms with van der Waals surface area (Å²) in [5.41, 5.74) is 11.4. The molecule has 2 N–H and O–H groups in total. The summed E-state index contributed by atoms with van der Waals surface area (Å²) in [7, 11) is 0. The molecule has 0 atom stereocenters. The van der Waals surface area contributed by atoms with Gasteiger partial charge in [-0.3, -0.25) is 0 Å². The lowest BCUT2D eigenvalue weighted by atomic mass is 10.1. The number of hydrogen-bond donors (Lipinski definition) is 1. The highest BCUT2D eigenvalue weighted by Gasteiger charge is 2.14. The molecule has 0 saturated heterocycles. The number of imidazole rings is 1. The number of unbranched alkanes of at least 4 members (excludes halogenated alkanes) is 3. The smallest absolute Gasteiger partial charge is 0.141 e. The lowest BCUT2D eigenvalue weighted by Gasteiger charge is -2.10. The van der Waals surface area contributed by atoms with Crippen molar-refractivity contribution in [2.24, 2.45) is 0 Å². The molecule has 3 heteroatoms. The minimum Gasteiger partial charge on any atom is -0.397 e. The van der Waals surface area contributed by atoms with Gasteiger partial charge in [0.25, 0.3) is 0 Å². The Morgan fingerprint density at radius 3 is 2.65 bits per heavy atom. The number of nitrogens with zero attached hydrogens (tertiary/aromatic N) is 2. The Balaban J connectivity index is 2.06. The van der Waals surface area contributed by atoms with Gasteiger partial charge in [0.05, 0.1) is 11.2 Å². The third kappa shape index (κ3) is 3.24. The van der Waals surface area contributed by atoms with Crippen molar-refractivity contribution in [1.82, 2.24) is 9.55 Å². The molecule has 0 aliphatic heterocycles. The minimum absolute atomic E-state index is 0.753. The summed E-state index contributed by atoms with van der Waals surface area (Å²) in [4.78, 5) is 4.86. The molecule has 1 aromatic heterocycles. The maximum Gasteiger partial charge on any atom is 0.141 e. The fourth-order valence-corrected chi connectivity index (χ4v) is 3.10. The van der Waals surface area contributed by atoms with Crippen LogP contribution in [0.1, 0.15) is 38.2 Å². The molecule has 3 aromatic rings. The van der Waals surface area contributed by atoms with Gasteiger partial charge in [0.2, 0.25) is 0 Å². The second-order valence-electron chi connectivity index (χ2n) is 6.23. The van der Waals surface area contributed by atoms with E-state index in [2.05, 4.69) is 48.7 Å². The number of rotatable bonds is 6. The van der Waals surface area contributed by atoms with Crippen LogP contribution in [0, 0.1) is 6.92 Å². The van der Waals surface area contributed by atoms with Crippen LogP contribution < -0.4 is 5.73 Å². The highest BCUT2D eigenvalue weighted by Crippen LogP contribution is 2.29. The van der Waals surface area contributed by atoms with E-state index in [-0.39, 0.29) is 0 Å². The van der Waals surface area contributed by atoms with E-state index < -0.39 is 0 Å². The fraction of sp³-hybridized carbons (Fsp3) is 0.350. The maximum atomic E-state index is 6.15. The Bertz CT molecular complexity index is 802. The Labute approximate surface area is 138 Å². The van der Waals surface area contributed by atoms with Crippen LogP contribution in [-0.4, -0.2) is 9.55 Å². The number of anilines is 1. The molecule has 0 aliphatic rings. The Kier molecular flexibility index (Phi) is 4.65. The Morgan fingerprint density at radius 2 is 1.87 bits per heavy atom. The highest BCUT2D eigenvalue weighted by molar-refractivity contribution is 5.90. The van der Waals surface area contributed by atoms with Crippen molar-refractivity contribution >= 4 is 16.7 Å². The van der Waals surface area contributed by atoms with Gasteiger partial charge in [0, 0.05) is 12.1 Å². The molecule has 2 aromatic carbocycles. The van der Waals surface area contributed by atoms with Crippen LogP contribution in [0.3, 0.4) is 0 Å². The van der Waals surface area contributed by atoms with E-state index in [9.17, 15) is 0 Å². The maximum absolute atomic E-state index is 6.15. The molecule has 3 nitrogen and oxygen atoms in total. The quantitative estimate of drug-likeness (QED) is 0.504. The van der Waals surface area contributed by atoms with Gasteiger partial charge in [0.1, 0.15) is 11.3 Å². The second kappa shape index (κ2) is 6.86. The van der Waals surface area contributed by atoms with Crippen LogP contribution in [0.2, 0.25) is 0 Å². The SMILES string of the molecule is CCCCCCn1c(-c2cccc(C)c2)nc2c(N)cccc21. The van der Waals surface area contributed by atoms with E-state index in [4.69, 9.17) is 10.7 Å². The number of hydrogen-bond acceptors (Lipinski definition) is 2. The molecule has 0 unspecified atom stereocenters. The summed E-state index contributed by atoms with van der Waals surface area (Å²) >= 11 is 0. The van der Waals surface area contributed by atoms with Crippen molar-refractivity contribution in [2.75, 3.05) is 5.73 Å². The van der Waals surface area contributed by atoms with E-state index in [1.807, 2.05) is 12.1 Å². The monoisotopic (exact) mass is 307 g/mol. The third-order valence-corrected chi connectivity index (χ3v) is 4.32. The van der Waals surface area contributed by atoms with Crippen molar-refractivity contribution in [1.29, 1.82) is 0 Å². The molecule has 0 aliphatic carbocycles. The minimum atomic E-state index is 0.753. The van der Waals surface area contributed by atoms with Gasteiger partial charge >= 0.3 is 0 Å². The van der Waals surface area contributed by atoms with Crippen molar-refractivity contribution < 1.29 is 0 Å². The first-order chi connectivity index (χ1) is 11.2. The van der Waals surface area contributed by atoms with E-state index in [0.29, 0.717) is 0 Å². The van der Waals surface area contributed by atoms with Gasteiger partial charge in [-0.1, -0.05) is 56.0 Å². The van der Waals surface area contributed by atoms with Crippen LogP contribution in [0.5, 0.6) is 0 Å². The number of nitrogen functional groups attached to an aromatic ring is 1. The molecule has 0 spiro atoms. The van der Waals surface area contributed by atoms with Gasteiger partial charge in [0.15, 0.2) is 0 Å². The van der Waals surface area contributed by atoms with Crippen LogP contribution in [0.15, 0.2) is 42.5 Å². The number of aryl methyl sites for hydroxylation is 2. The van der Waals surface area contributed by atoms with Crippen LogP contribution in [0.25, 0.3) is 22.4 Å². The standard InChI is InChI=1S/C20H25N3/c1-3-4-5-6-13-23-18-12-8-11-17(21)19(18)22-20(23)16-10-7-9-15(2)14-16/h7-12,14H,3-6,13,21H2,1-2H3. The molecule has 0 radical (unpaired) electrons. The Morgan fingerprint density at radius 1 is 1.04 bits per heavy atom. The normalized spacial score (nSPS) is 11.2. The summed E-state index contributed by atoms with van der Waals surface area (Å²) in [6.45, 7) is 5.35. The van der Waals surface area contributed by atoms with Gasteiger partial charge in [-0.15, -0.1) is 0 Å². The van der Waals surface area contributed by atoms with Crippen molar-refractivity contribution in [3.8, 4) is 11.4 Å². The average Bonchev–Trinajstić information content (AvgIpc) is 2.92. The molecule has 3 rings (SSSR count). The van der Waals surface area contributed by atoms with Gasteiger partial charge in [-0.2, -0.15) is 0 Å². The summed E-state index contributed by atoms with van der Waals surface area (Å²) in [6.07, 6.45) is 4.97. The second-order valence-corrected chi connectivity index (χ2v) is 6.23. The first kappa shape index (κ1) is 15.6. The van der Waals surface area contributed by atoms with Crippen LogP contribution >= 0.6 is 0 Å². The molecular weight excluding hydrogens is 282 g/mol. The number of benzene rings is 2. The highest BCUT2D eigenvalue weighted by atomic mass is 15.1. The Hall–Kier alpha value is -2.29. The number of aromatic nitrogens is 2. The van der Waals surface area contributed by atoms with E-state index in [0.717, 1.165) is 34.7 Å². The molecule has 0 bridgehead atoms. The summed E-state index contributed by atoms with van der Waals surface area (Å²) in [5, 5.41) is 0. The van der Waals surface area contributed by atoms with E-state index in [1.165, 1.54) is 31.2 Å². The first-order valence-corrected chi connectivity index (χ1v) is 8.52. The average molecular weight is 307 g/mol. The van der Waals surface area contributed by atoms with Crippen molar-refractivity contribution in [3.05, 3.63) is 48.0 Å². The van der Waals surface area contributed by atoms with Crippen molar-refractivity contribution in [3.63, 3.8) is 0 Å². The number of fused-ring (bicyclic) bond motifs is 1. The summed E-state index contributed by atoms with van der Waals surface area (Å²) < 4.78 is 2.33. The molecule has 0 fully saturated rings. The predicted molar refractivity (Wildman–Crippen MR) is 98.5 cm³/mol. The molecule has 0 amide bonds. The summed E-state index contributed by atoms with van der Waals surface area (Å²) in [5.74, 6) is 1.03. The molecule has 120 valence electrons. The van der Waals surface area contributed by atoms with E-state index in [1.54, 1.807) is 0 Å². The molecule has 1 heterocycles. The lowest BCUT2D eigenvalue weighted by Crippen LogP contribution is -2.01. The lowest BCUT2D eigenvalue weighted by molar-refractivity contribution is 0.594. The number of nitrogens with two attached hydrogens (primary N) is 1. The van der Waals surface area contributed by atoms with Crippen LogP contribution in [0.4, 0.5) is 5.69 Å². The zero-order valence-corrected chi connectivity index (χ0v) is 14.0. The number of para-hydroxylation sites is 1. The summed E-state index contributed by atoms with van der Waals surface area (Å²) in [6, 6.07) is 14.6. The zero-order chi connectivity index (χ0) is 16.2.